The number of H-pyrrole nitrogens is 1. The predicted octanol–water partition coefficient (Wildman–Crippen LogP) is 3.16. The molecule has 108 valence electrons. The van der Waals surface area contributed by atoms with Gasteiger partial charge in [0.05, 0.1) is 15.9 Å². The second-order valence-electron chi connectivity index (χ2n) is 4.84. The van der Waals surface area contributed by atoms with Gasteiger partial charge in [-0.1, -0.05) is 19.1 Å². The van der Waals surface area contributed by atoms with E-state index in [4.69, 9.17) is 0 Å². The molecule has 0 atom stereocenters. The summed E-state index contributed by atoms with van der Waals surface area (Å²) in [5, 5.41) is 4.93. The number of imidazole rings is 1. The minimum absolute atomic E-state index is 0.0120. The standard InChI is InChI=1S/C16H17N3OS/c1-2-11-8-10-21-15(11)16(20)17-9-7-14-18-12-5-3-4-6-13(12)19-14/h3-6,8,10H,2,7,9H2,1H3,(H,17,20)(H,18,19). The van der Waals surface area contributed by atoms with E-state index in [1.807, 2.05) is 35.7 Å². The summed E-state index contributed by atoms with van der Waals surface area (Å²) in [6.45, 7) is 2.65. The SMILES string of the molecule is CCc1ccsc1C(=O)NCCc1nc2ccccc2[nH]1. The molecule has 1 amide bonds. The minimum Gasteiger partial charge on any atom is -0.351 e. The third-order valence-electron chi connectivity index (χ3n) is 3.42. The van der Waals surface area contributed by atoms with Crippen LogP contribution in [0.3, 0.4) is 0 Å². The second-order valence-corrected chi connectivity index (χ2v) is 5.75. The summed E-state index contributed by atoms with van der Waals surface area (Å²) in [5.41, 5.74) is 3.11. The van der Waals surface area contributed by atoms with Gasteiger partial charge in [0.15, 0.2) is 0 Å². The highest BCUT2D eigenvalue weighted by Crippen LogP contribution is 2.17. The van der Waals surface area contributed by atoms with Gasteiger partial charge >= 0.3 is 0 Å². The molecular weight excluding hydrogens is 282 g/mol. The molecule has 0 aliphatic rings. The molecule has 4 nitrogen and oxygen atoms in total. The number of hydrogen-bond donors (Lipinski definition) is 2. The Morgan fingerprint density at radius 1 is 1.33 bits per heavy atom. The molecule has 3 rings (SSSR count). The molecule has 0 spiro atoms. The number of thiophene rings is 1. The second kappa shape index (κ2) is 6.10. The maximum atomic E-state index is 12.1. The first-order valence-electron chi connectivity index (χ1n) is 7.06. The van der Waals surface area contributed by atoms with Crippen LogP contribution in [0.2, 0.25) is 0 Å². The summed E-state index contributed by atoms with van der Waals surface area (Å²) < 4.78 is 0. The average Bonchev–Trinajstić information content (AvgIpc) is 3.12. The van der Waals surface area contributed by atoms with Crippen molar-refractivity contribution < 1.29 is 4.79 Å². The van der Waals surface area contributed by atoms with Gasteiger partial charge in [-0.05, 0) is 35.6 Å². The molecule has 21 heavy (non-hydrogen) atoms. The lowest BCUT2D eigenvalue weighted by atomic mass is 10.2. The van der Waals surface area contributed by atoms with E-state index in [-0.39, 0.29) is 5.91 Å². The molecule has 2 aromatic heterocycles. The first-order valence-corrected chi connectivity index (χ1v) is 7.94. The van der Waals surface area contributed by atoms with Crippen molar-refractivity contribution in [3.05, 3.63) is 52.0 Å². The zero-order valence-electron chi connectivity index (χ0n) is 11.8. The van der Waals surface area contributed by atoms with Crippen molar-refractivity contribution in [3.63, 3.8) is 0 Å². The molecule has 5 heteroatoms. The molecular formula is C16H17N3OS. The Labute approximate surface area is 127 Å². The van der Waals surface area contributed by atoms with E-state index in [1.54, 1.807) is 0 Å². The van der Waals surface area contributed by atoms with Crippen LogP contribution in [0, 0.1) is 0 Å². The first kappa shape index (κ1) is 13.8. The molecule has 0 aliphatic carbocycles. The molecule has 0 bridgehead atoms. The van der Waals surface area contributed by atoms with Crippen LogP contribution in [0.25, 0.3) is 11.0 Å². The molecule has 0 unspecified atom stereocenters. The topological polar surface area (TPSA) is 57.8 Å². The zero-order valence-corrected chi connectivity index (χ0v) is 12.7. The third-order valence-corrected chi connectivity index (χ3v) is 4.38. The van der Waals surface area contributed by atoms with Crippen LogP contribution in [0.1, 0.15) is 28.0 Å². The average molecular weight is 299 g/mol. The lowest BCUT2D eigenvalue weighted by Crippen LogP contribution is -2.25. The van der Waals surface area contributed by atoms with E-state index in [0.717, 1.165) is 33.7 Å². The van der Waals surface area contributed by atoms with E-state index in [9.17, 15) is 4.79 Å². The van der Waals surface area contributed by atoms with Gasteiger partial charge in [0.1, 0.15) is 5.82 Å². The van der Waals surface area contributed by atoms with Crippen LogP contribution >= 0.6 is 11.3 Å². The number of carbonyl (C=O) groups excluding carboxylic acids is 1. The number of nitrogens with one attached hydrogen (secondary N) is 2. The van der Waals surface area contributed by atoms with Gasteiger partial charge in [0.25, 0.3) is 5.91 Å². The van der Waals surface area contributed by atoms with Gasteiger partial charge in [-0.3, -0.25) is 4.79 Å². The lowest BCUT2D eigenvalue weighted by molar-refractivity contribution is 0.0957. The fraction of sp³-hybridized carbons (Fsp3) is 0.250. The van der Waals surface area contributed by atoms with Gasteiger partial charge in [-0.25, -0.2) is 4.98 Å². The van der Waals surface area contributed by atoms with Crippen molar-refractivity contribution in [1.29, 1.82) is 0 Å². The van der Waals surface area contributed by atoms with Crippen LogP contribution in [0.15, 0.2) is 35.7 Å². The van der Waals surface area contributed by atoms with Crippen LogP contribution in [0.5, 0.6) is 0 Å². The fourth-order valence-corrected chi connectivity index (χ4v) is 3.22. The quantitative estimate of drug-likeness (QED) is 0.760. The third kappa shape index (κ3) is 2.97. The Bertz CT molecular complexity index is 727. The highest BCUT2D eigenvalue weighted by Gasteiger charge is 2.11. The van der Waals surface area contributed by atoms with E-state index in [2.05, 4.69) is 22.2 Å². The number of aryl methyl sites for hydroxylation is 1. The molecule has 3 aromatic rings. The van der Waals surface area contributed by atoms with Crippen molar-refractivity contribution in [1.82, 2.24) is 15.3 Å². The number of carbonyl (C=O) groups is 1. The largest absolute Gasteiger partial charge is 0.351 e. The molecule has 2 N–H and O–H groups in total. The Morgan fingerprint density at radius 2 is 2.19 bits per heavy atom. The monoisotopic (exact) mass is 299 g/mol. The highest BCUT2D eigenvalue weighted by atomic mass is 32.1. The molecule has 0 saturated heterocycles. The molecule has 0 saturated carbocycles. The number of nitrogens with zero attached hydrogens (tertiary/aromatic N) is 1. The Balaban J connectivity index is 1.59. The number of aromatic nitrogens is 2. The first-order chi connectivity index (χ1) is 10.3. The van der Waals surface area contributed by atoms with Crippen molar-refractivity contribution in [3.8, 4) is 0 Å². The van der Waals surface area contributed by atoms with Gasteiger partial charge in [-0.15, -0.1) is 11.3 Å². The van der Waals surface area contributed by atoms with E-state index in [1.165, 1.54) is 11.3 Å². The summed E-state index contributed by atoms with van der Waals surface area (Å²) in [6.07, 6.45) is 1.59. The fourth-order valence-electron chi connectivity index (χ4n) is 2.31. The highest BCUT2D eigenvalue weighted by molar-refractivity contribution is 7.12. The Hall–Kier alpha value is -2.14. The number of aromatic amines is 1. The van der Waals surface area contributed by atoms with Gasteiger partial charge in [0.2, 0.25) is 0 Å². The maximum Gasteiger partial charge on any atom is 0.261 e. The van der Waals surface area contributed by atoms with E-state index in [0.29, 0.717) is 13.0 Å². The van der Waals surface area contributed by atoms with E-state index >= 15 is 0 Å². The molecule has 0 aliphatic heterocycles. The number of hydrogen-bond acceptors (Lipinski definition) is 3. The summed E-state index contributed by atoms with van der Waals surface area (Å²) in [6, 6.07) is 9.95. The number of fused-ring (bicyclic) bond motifs is 1. The molecule has 0 radical (unpaired) electrons. The van der Waals surface area contributed by atoms with Crippen molar-refractivity contribution in [2.45, 2.75) is 19.8 Å². The van der Waals surface area contributed by atoms with Gasteiger partial charge < -0.3 is 10.3 Å². The van der Waals surface area contributed by atoms with Crippen LogP contribution in [0.4, 0.5) is 0 Å². The molecule has 0 fully saturated rings. The predicted molar refractivity (Wildman–Crippen MR) is 85.8 cm³/mol. The van der Waals surface area contributed by atoms with Crippen LogP contribution in [-0.2, 0) is 12.8 Å². The van der Waals surface area contributed by atoms with Crippen molar-refractivity contribution in [2.24, 2.45) is 0 Å². The van der Waals surface area contributed by atoms with Crippen LogP contribution in [-0.4, -0.2) is 22.4 Å². The van der Waals surface area contributed by atoms with Crippen LogP contribution < -0.4 is 5.32 Å². The summed E-state index contributed by atoms with van der Waals surface area (Å²) in [5.74, 6) is 0.913. The summed E-state index contributed by atoms with van der Waals surface area (Å²) >= 11 is 1.50. The molecule has 1 aromatic carbocycles. The van der Waals surface area contributed by atoms with E-state index < -0.39 is 0 Å². The van der Waals surface area contributed by atoms with Gasteiger partial charge in [0, 0.05) is 13.0 Å². The maximum absolute atomic E-state index is 12.1. The minimum atomic E-state index is 0.0120. The van der Waals surface area contributed by atoms with Gasteiger partial charge in [-0.2, -0.15) is 0 Å². The number of amides is 1. The number of benzene rings is 1. The normalized spacial score (nSPS) is 10.9. The summed E-state index contributed by atoms with van der Waals surface area (Å²) in [4.78, 5) is 20.7. The van der Waals surface area contributed by atoms with Crippen molar-refractivity contribution in [2.75, 3.05) is 6.54 Å². The number of para-hydroxylation sites is 2. The lowest BCUT2D eigenvalue weighted by Gasteiger charge is -2.04. The summed E-state index contributed by atoms with van der Waals surface area (Å²) in [7, 11) is 0. The smallest absolute Gasteiger partial charge is 0.261 e. The Kier molecular flexibility index (Phi) is 4.01. The number of rotatable bonds is 5. The molecule has 2 heterocycles. The zero-order chi connectivity index (χ0) is 14.7. The van der Waals surface area contributed by atoms with Crippen molar-refractivity contribution >= 4 is 28.3 Å². The Morgan fingerprint density at radius 3 is 3.00 bits per heavy atom.